The molecule has 1 aromatic carbocycles. The molecule has 0 spiro atoms. The molecule has 0 fully saturated rings. The molecular weight excluding hydrogens is 208 g/mol. The van der Waals surface area contributed by atoms with Crippen LogP contribution >= 0.6 is 0 Å². The molecule has 0 atom stereocenters. The fraction of sp³-hybridized carbons (Fsp3) is 0.273. The van der Waals surface area contributed by atoms with Crippen molar-refractivity contribution in [1.82, 2.24) is 5.43 Å². The Kier molecular flexibility index (Phi) is 3.05. The van der Waals surface area contributed by atoms with Gasteiger partial charge < -0.3 is 9.47 Å². The quantitative estimate of drug-likeness (QED) is 0.595. The first-order chi connectivity index (χ1) is 7.77. The molecule has 16 heavy (non-hydrogen) atoms. The molecule has 5 heteroatoms. The van der Waals surface area contributed by atoms with E-state index in [1.165, 1.54) is 13.1 Å². The van der Waals surface area contributed by atoms with Crippen molar-refractivity contribution in [2.45, 2.75) is 6.92 Å². The molecule has 1 aliphatic rings. The van der Waals surface area contributed by atoms with Crippen molar-refractivity contribution in [2.24, 2.45) is 5.10 Å². The molecule has 1 aromatic rings. The maximum absolute atomic E-state index is 10.6. The number of fused-ring (bicyclic) bond motifs is 1. The van der Waals surface area contributed by atoms with Gasteiger partial charge in [-0.25, -0.2) is 5.43 Å². The third-order valence-corrected chi connectivity index (χ3v) is 2.02. The molecule has 1 amide bonds. The minimum Gasteiger partial charge on any atom is -0.486 e. The summed E-state index contributed by atoms with van der Waals surface area (Å²) < 4.78 is 10.9. The number of benzene rings is 1. The van der Waals surface area contributed by atoms with Gasteiger partial charge in [-0.05, 0) is 12.1 Å². The number of hydrogen-bond acceptors (Lipinski definition) is 4. The van der Waals surface area contributed by atoms with Gasteiger partial charge in [-0.2, -0.15) is 5.10 Å². The van der Waals surface area contributed by atoms with E-state index in [1.54, 1.807) is 0 Å². The van der Waals surface area contributed by atoms with Gasteiger partial charge in [0, 0.05) is 12.5 Å². The lowest BCUT2D eigenvalue weighted by Crippen LogP contribution is -2.17. The zero-order valence-electron chi connectivity index (χ0n) is 8.90. The highest BCUT2D eigenvalue weighted by atomic mass is 16.6. The number of nitrogens with zero attached hydrogens (tertiary/aromatic N) is 1. The minimum atomic E-state index is -0.210. The third-order valence-electron chi connectivity index (χ3n) is 2.02. The standard InChI is InChI=1S/C11H12N2O3/c1-8(14)13-12-7-9-3-2-4-10-11(9)16-6-5-15-10/h2-4,7H,5-6H2,1H3,(H,13,14)/b12-7-. The predicted octanol–water partition coefficient (Wildman–Crippen LogP) is 0.928. The Morgan fingerprint density at radius 1 is 1.44 bits per heavy atom. The Bertz CT molecular complexity index is 429. The Balaban J connectivity index is 2.20. The molecule has 1 heterocycles. The van der Waals surface area contributed by atoms with Crippen LogP contribution in [0.2, 0.25) is 0 Å². The number of ether oxygens (including phenoxy) is 2. The lowest BCUT2D eigenvalue weighted by atomic mass is 10.2. The Hall–Kier alpha value is -2.04. The first kappa shape index (κ1) is 10.5. The Morgan fingerprint density at radius 2 is 2.25 bits per heavy atom. The Morgan fingerprint density at radius 3 is 3.06 bits per heavy atom. The molecule has 0 aromatic heterocycles. The first-order valence-corrected chi connectivity index (χ1v) is 4.95. The highest BCUT2D eigenvalue weighted by Gasteiger charge is 2.13. The summed E-state index contributed by atoms with van der Waals surface area (Å²) in [6, 6.07) is 5.53. The summed E-state index contributed by atoms with van der Waals surface area (Å²) in [5.41, 5.74) is 3.12. The van der Waals surface area contributed by atoms with E-state index in [2.05, 4.69) is 10.5 Å². The molecule has 5 nitrogen and oxygen atoms in total. The van der Waals surface area contributed by atoms with Crippen LogP contribution in [0, 0.1) is 0 Å². The predicted molar refractivity (Wildman–Crippen MR) is 58.8 cm³/mol. The molecule has 0 bridgehead atoms. The van der Waals surface area contributed by atoms with Crippen LogP contribution < -0.4 is 14.9 Å². The summed E-state index contributed by atoms with van der Waals surface area (Å²) in [5, 5.41) is 3.79. The van der Waals surface area contributed by atoms with Gasteiger partial charge in [-0.1, -0.05) is 6.07 Å². The van der Waals surface area contributed by atoms with Crippen LogP contribution in [0.1, 0.15) is 12.5 Å². The normalized spacial score (nSPS) is 13.8. The van der Waals surface area contributed by atoms with Gasteiger partial charge in [0.05, 0.1) is 6.21 Å². The monoisotopic (exact) mass is 220 g/mol. The number of hydrogen-bond donors (Lipinski definition) is 1. The van der Waals surface area contributed by atoms with E-state index in [9.17, 15) is 4.79 Å². The second-order valence-electron chi connectivity index (χ2n) is 3.30. The fourth-order valence-corrected chi connectivity index (χ4v) is 1.39. The molecule has 0 saturated carbocycles. The molecule has 0 unspecified atom stereocenters. The molecule has 1 N–H and O–H groups in total. The largest absolute Gasteiger partial charge is 0.486 e. The number of nitrogens with one attached hydrogen (secondary N) is 1. The Labute approximate surface area is 93.1 Å². The van der Waals surface area contributed by atoms with Crippen molar-refractivity contribution in [3.05, 3.63) is 23.8 Å². The summed E-state index contributed by atoms with van der Waals surface area (Å²) in [7, 11) is 0. The van der Waals surface area contributed by atoms with E-state index < -0.39 is 0 Å². The highest BCUT2D eigenvalue weighted by Crippen LogP contribution is 2.32. The molecular formula is C11H12N2O3. The molecule has 0 radical (unpaired) electrons. The topological polar surface area (TPSA) is 59.9 Å². The lowest BCUT2D eigenvalue weighted by Gasteiger charge is -2.19. The highest BCUT2D eigenvalue weighted by molar-refractivity contribution is 5.86. The van der Waals surface area contributed by atoms with Crippen molar-refractivity contribution in [3.8, 4) is 11.5 Å². The van der Waals surface area contributed by atoms with Crippen molar-refractivity contribution in [3.63, 3.8) is 0 Å². The van der Waals surface area contributed by atoms with Gasteiger partial charge in [-0.15, -0.1) is 0 Å². The van der Waals surface area contributed by atoms with Gasteiger partial charge in [0.2, 0.25) is 5.91 Å². The first-order valence-electron chi connectivity index (χ1n) is 4.95. The smallest absolute Gasteiger partial charge is 0.236 e. The van der Waals surface area contributed by atoms with Crippen LogP contribution in [-0.4, -0.2) is 25.3 Å². The van der Waals surface area contributed by atoms with E-state index in [1.807, 2.05) is 18.2 Å². The van der Waals surface area contributed by atoms with E-state index in [0.717, 1.165) is 5.56 Å². The SMILES string of the molecule is CC(=O)N/N=C\c1cccc2c1OCCO2. The number of rotatable bonds is 2. The van der Waals surface area contributed by atoms with Gasteiger partial charge in [0.25, 0.3) is 0 Å². The summed E-state index contributed by atoms with van der Waals surface area (Å²) in [6.45, 7) is 2.48. The van der Waals surface area contributed by atoms with Crippen LogP contribution in [0.5, 0.6) is 11.5 Å². The zero-order chi connectivity index (χ0) is 11.4. The van der Waals surface area contributed by atoms with Gasteiger partial charge in [0.1, 0.15) is 13.2 Å². The van der Waals surface area contributed by atoms with Gasteiger partial charge >= 0.3 is 0 Å². The fourth-order valence-electron chi connectivity index (χ4n) is 1.39. The maximum atomic E-state index is 10.6. The number of carbonyl (C=O) groups excluding carboxylic acids is 1. The van der Waals surface area contributed by atoms with Crippen molar-refractivity contribution in [1.29, 1.82) is 0 Å². The van der Waals surface area contributed by atoms with Crippen LogP contribution in [0.3, 0.4) is 0 Å². The molecule has 0 saturated heterocycles. The number of hydrazone groups is 1. The summed E-state index contributed by atoms with van der Waals surface area (Å²) >= 11 is 0. The summed E-state index contributed by atoms with van der Waals surface area (Å²) in [4.78, 5) is 10.6. The molecule has 2 rings (SSSR count). The average molecular weight is 220 g/mol. The van der Waals surface area contributed by atoms with Crippen LogP contribution in [0.25, 0.3) is 0 Å². The molecule has 1 aliphatic heterocycles. The number of amides is 1. The van der Waals surface area contributed by atoms with Crippen LogP contribution in [0.15, 0.2) is 23.3 Å². The van der Waals surface area contributed by atoms with Crippen LogP contribution in [0.4, 0.5) is 0 Å². The second kappa shape index (κ2) is 4.65. The number of carbonyl (C=O) groups is 1. The lowest BCUT2D eigenvalue weighted by molar-refractivity contribution is -0.118. The summed E-state index contributed by atoms with van der Waals surface area (Å²) in [6.07, 6.45) is 1.54. The summed E-state index contributed by atoms with van der Waals surface area (Å²) in [5.74, 6) is 1.17. The van der Waals surface area contributed by atoms with E-state index in [4.69, 9.17) is 9.47 Å². The van der Waals surface area contributed by atoms with E-state index in [0.29, 0.717) is 24.7 Å². The van der Waals surface area contributed by atoms with Crippen molar-refractivity contribution in [2.75, 3.05) is 13.2 Å². The van der Waals surface area contributed by atoms with Gasteiger partial charge in [0.15, 0.2) is 11.5 Å². The van der Waals surface area contributed by atoms with E-state index in [-0.39, 0.29) is 5.91 Å². The average Bonchev–Trinajstić information content (AvgIpc) is 2.29. The molecule has 0 aliphatic carbocycles. The van der Waals surface area contributed by atoms with Gasteiger partial charge in [-0.3, -0.25) is 4.79 Å². The van der Waals surface area contributed by atoms with Crippen molar-refractivity contribution < 1.29 is 14.3 Å². The third kappa shape index (κ3) is 2.31. The second-order valence-corrected chi connectivity index (χ2v) is 3.30. The zero-order valence-corrected chi connectivity index (χ0v) is 8.90. The van der Waals surface area contributed by atoms with Crippen molar-refractivity contribution >= 4 is 12.1 Å². The maximum Gasteiger partial charge on any atom is 0.236 e. The van der Waals surface area contributed by atoms with Crippen LogP contribution in [-0.2, 0) is 4.79 Å². The molecule has 84 valence electrons. The van der Waals surface area contributed by atoms with E-state index >= 15 is 0 Å². The minimum absolute atomic E-state index is 0.210. The number of para-hydroxylation sites is 1.